The molecule has 1 saturated heterocycles. The first-order valence-electron chi connectivity index (χ1n) is 9.49. The van der Waals surface area contributed by atoms with Crippen LogP contribution in [0.1, 0.15) is 46.5 Å². The second-order valence-corrected chi connectivity index (χ2v) is 7.23. The van der Waals surface area contributed by atoms with Crippen LogP contribution in [0.4, 0.5) is 0 Å². The Bertz CT molecular complexity index is 770. The van der Waals surface area contributed by atoms with E-state index in [2.05, 4.69) is 17.4 Å². The Kier molecular flexibility index (Phi) is 4.98. The summed E-state index contributed by atoms with van der Waals surface area (Å²) in [7, 11) is 1.74. The third-order valence-electron chi connectivity index (χ3n) is 5.52. The van der Waals surface area contributed by atoms with Gasteiger partial charge in [-0.2, -0.15) is 0 Å². The fourth-order valence-electron chi connectivity index (χ4n) is 4.12. The highest BCUT2D eigenvalue weighted by molar-refractivity contribution is 5.91. The number of hydrogen-bond acceptors (Lipinski definition) is 4. The van der Waals surface area contributed by atoms with Crippen molar-refractivity contribution in [3.8, 4) is 5.75 Å². The molecule has 0 spiro atoms. The zero-order chi connectivity index (χ0) is 17.9. The van der Waals surface area contributed by atoms with E-state index in [9.17, 15) is 4.79 Å². The molecular formula is C21H26N2O3. The Labute approximate surface area is 154 Å². The maximum atomic E-state index is 12.5. The molecule has 0 saturated carbocycles. The molecule has 1 aliphatic carbocycles. The highest BCUT2D eigenvalue weighted by Gasteiger charge is 2.26. The van der Waals surface area contributed by atoms with Crippen molar-refractivity contribution < 1.29 is 13.9 Å². The molecule has 138 valence electrons. The molecule has 1 aromatic carbocycles. The van der Waals surface area contributed by atoms with Crippen molar-refractivity contribution >= 4 is 5.91 Å². The zero-order valence-electron chi connectivity index (χ0n) is 15.3. The van der Waals surface area contributed by atoms with Crippen LogP contribution in [0, 0.1) is 0 Å². The number of carbonyl (C=O) groups excluding carboxylic acids is 1. The first kappa shape index (κ1) is 17.2. The van der Waals surface area contributed by atoms with Gasteiger partial charge in [-0.1, -0.05) is 6.07 Å². The van der Waals surface area contributed by atoms with Crippen molar-refractivity contribution in [2.75, 3.05) is 20.2 Å². The van der Waals surface area contributed by atoms with Gasteiger partial charge in [-0.15, -0.1) is 0 Å². The number of benzene rings is 1. The van der Waals surface area contributed by atoms with E-state index in [1.807, 2.05) is 4.90 Å². The fraction of sp³-hybridized carbons (Fsp3) is 0.476. The van der Waals surface area contributed by atoms with Crippen LogP contribution in [0.25, 0.3) is 0 Å². The van der Waals surface area contributed by atoms with Gasteiger partial charge >= 0.3 is 0 Å². The van der Waals surface area contributed by atoms with Crippen LogP contribution in [0.2, 0.25) is 0 Å². The van der Waals surface area contributed by atoms with Gasteiger partial charge < -0.3 is 19.4 Å². The Hall–Kier alpha value is -2.27. The van der Waals surface area contributed by atoms with Crippen LogP contribution in [-0.4, -0.2) is 37.0 Å². The number of nitrogens with one attached hydrogen (secondary N) is 1. The molecule has 1 aromatic heterocycles. The van der Waals surface area contributed by atoms with E-state index >= 15 is 0 Å². The molecule has 2 heterocycles. The number of furan rings is 1. The Balaban J connectivity index is 1.39. The molecule has 0 radical (unpaired) electrons. The quantitative estimate of drug-likeness (QED) is 0.896. The van der Waals surface area contributed by atoms with E-state index < -0.39 is 0 Å². The average molecular weight is 354 g/mol. The number of fused-ring (bicyclic) bond motifs is 1. The number of hydrogen-bond donors (Lipinski definition) is 1. The van der Waals surface area contributed by atoms with Crippen LogP contribution in [-0.2, 0) is 19.4 Å². The van der Waals surface area contributed by atoms with Crippen molar-refractivity contribution in [3.05, 3.63) is 53.0 Å². The summed E-state index contributed by atoms with van der Waals surface area (Å²) in [5, 5.41) is 3.63. The first-order valence-corrected chi connectivity index (χ1v) is 9.49. The summed E-state index contributed by atoms with van der Waals surface area (Å²) in [6.07, 6.45) is 7.20. The molecule has 2 aliphatic rings. The smallest absolute Gasteiger partial charge is 0.289 e. The van der Waals surface area contributed by atoms with Gasteiger partial charge in [0.2, 0.25) is 0 Å². The molecule has 4 rings (SSSR count). The molecule has 1 atom stereocenters. The van der Waals surface area contributed by atoms with Gasteiger partial charge in [-0.3, -0.25) is 4.79 Å². The SMILES string of the molecule is COc1cc2c(cc1CNC1CCCN(C(=O)c3ccco3)C1)CCC2. The van der Waals surface area contributed by atoms with Crippen molar-refractivity contribution in [1.82, 2.24) is 10.2 Å². The van der Waals surface area contributed by atoms with Gasteiger partial charge in [0.1, 0.15) is 5.75 Å². The van der Waals surface area contributed by atoms with Crippen molar-refractivity contribution in [2.24, 2.45) is 0 Å². The molecule has 1 N–H and O–H groups in total. The van der Waals surface area contributed by atoms with Gasteiger partial charge in [0, 0.05) is 31.2 Å². The molecular weight excluding hydrogens is 328 g/mol. The van der Waals surface area contributed by atoms with Crippen molar-refractivity contribution in [1.29, 1.82) is 0 Å². The molecule has 2 aromatic rings. The molecule has 1 aliphatic heterocycles. The summed E-state index contributed by atoms with van der Waals surface area (Å²) in [4.78, 5) is 14.4. The van der Waals surface area contributed by atoms with Crippen molar-refractivity contribution in [3.63, 3.8) is 0 Å². The van der Waals surface area contributed by atoms with Gasteiger partial charge in [-0.25, -0.2) is 0 Å². The minimum Gasteiger partial charge on any atom is -0.496 e. The summed E-state index contributed by atoms with van der Waals surface area (Å²) in [6, 6.07) is 8.28. The summed E-state index contributed by atoms with van der Waals surface area (Å²) < 4.78 is 10.9. The third kappa shape index (κ3) is 3.49. The zero-order valence-corrected chi connectivity index (χ0v) is 15.3. The van der Waals surface area contributed by atoms with Gasteiger partial charge in [0.15, 0.2) is 5.76 Å². The number of ether oxygens (including phenoxy) is 1. The van der Waals surface area contributed by atoms with Crippen LogP contribution in [0.3, 0.4) is 0 Å². The topological polar surface area (TPSA) is 54.7 Å². The van der Waals surface area contributed by atoms with Gasteiger partial charge in [-0.05, 0) is 61.4 Å². The number of rotatable bonds is 5. The predicted molar refractivity (Wildman–Crippen MR) is 99.5 cm³/mol. The van der Waals surface area contributed by atoms with Crippen LogP contribution in [0.5, 0.6) is 5.75 Å². The lowest BCUT2D eigenvalue weighted by Crippen LogP contribution is -2.47. The average Bonchev–Trinajstić information content (AvgIpc) is 3.36. The van der Waals surface area contributed by atoms with E-state index in [0.29, 0.717) is 18.3 Å². The lowest BCUT2D eigenvalue weighted by atomic mass is 10.0. The number of piperidine rings is 1. The van der Waals surface area contributed by atoms with E-state index in [-0.39, 0.29) is 5.91 Å². The van der Waals surface area contributed by atoms with Crippen LogP contribution < -0.4 is 10.1 Å². The predicted octanol–water partition coefficient (Wildman–Crippen LogP) is 3.17. The highest BCUT2D eigenvalue weighted by atomic mass is 16.5. The monoisotopic (exact) mass is 354 g/mol. The highest BCUT2D eigenvalue weighted by Crippen LogP contribution is 2.30. The molecule has 1 amide bonds. The maximum Gasteiger partial charge on any atom is 0.289 e. The van der Waals surface area contributed by atoms with Crippen LogP contribution in [0.15, 0.2) is 34.9 Å². The van der Waals surface area contributed by atoms with E-state index in [4.69, 9.17) is 9.15 Å². The van der Waals surface area contributed by atoms with E-state index in [1.54, 1.807) is 25.5 Å². The Morgan fingerprint density at radius 3 is 2.92 bits per heavy atom. The molecule has 1 unspecified atom stereocenters. The number of aryl methyl sites for hydroxylation is 2. The lowest BCUT2D eigenvalue weighted by Gasteiger charge is -2.33. The fourth-order valence-corrected chi connectivity index (χ4v) is 4.12. The second-order valence-electron chi connectivity index (χ2n) is 7.23. The molecule has 0 bridgehead atoms. The van der Waals surface area contributed by atoms with Crippen LogP contribution >= 0.6 is 0 Å². The standard InChI is InChI=1S/C21H26N2O3/c1-25-20-12-16-6-2-5-15(16)11-17(20)13-22-18-7-3-9-23(14-18)21(24)19-8-4-10-26-19/h4,8,10-12,18,22H,2-3,5-7,9,13-14H2,1H3. The minimum atomic E-state index is -0.0170. The molecule has 1 fully saturated rings. The second kappa shape index (κ2) is 7.54. The Morgan fingerprint density at radius 2 is 2.15 bits per heavy atom. The molecule has 26 heavy (non-hydrogen) atoms. The van der Waals surface area contributed by atoms with Crippen molar-refractivity contribution in [2.45, 2.75) is 44.7 Å². The molecule has 5 nitrogen and oxygen atoms in total. The summed E-state index contributed by atoms with van der Waals surface area (Å²) in [5.74, 6) is 1.38. The Morgan fingerprint density at radius 1 is 1.31 bits per heavy atom. The summed E-state index contributed by atoms with van der Waals surface area (Å²) in [5.41, 5.74) is 4.10. The minimum absolute atomic E-state index is 0.0170. The number of amides is 1. The number of nitrogens with zero attached hydrogens (tertiary/aromatic N) is 1. The summed E-state index contributed by atoms with van der Waals surface area (Å²) >= 11 is 0. The molecule has 5 heteroatoms. The number of likely N-dealkylation sites (tertiary alicyclic amines) is 1. The largest absolute Gasteiger partial charge is 0.496 e. The number of methoxy groups -OCH3 is 1. The maximum absolute atomic E-state index is 12.5. The normalized spacial score (nSPS) is 19.4. The lowest BCUT2D eigenvalue weighted by molar-refractivity contribution is 0.0662. The first-order chi connectivity index (χ1) is 12.7. The third-order valence-corrected chi connectivity index (χ3v) is 5.52. The summed E-state index contributed by atoms with van der Waals surface area (Å²) in [6.45, 7) is 2.27. The van der Waals surface area contributed by atoms with E-state index in [0.717, 1.165) is 38.1 Å². The van der Waals surface area contributed by atoms with Gasteiger partial charge in [0.25, 0.3) is 5.91 Å². The number of carbonyl (C=O) groups is 1. The van der Waals surface area contributed by atoms with Gasteiger partial charge in [0.05, 0.1) is 13.4 Å². The van der Waals surface area contributed by atoms with E-state index in [1.165, 1.54) is 29.5 Å².